The predicted octanol–water partition coefficient (Wildman–Crippen LogP) is 0.778. The number of hydrogen-bond acceptors (Lipinski definition) is 9. The lowest BCUT2D eigenvalue weighted by atomic mass is 9.79. The third-order valence-electron chi connectivity index (χ3n) is 5.04. The zero-order chi connectivity index (χ0) is 25.8. The molecule has 2 heterocycles. The molecule has 15 heteroatoms. The van der Waals surface area contributed by atoms with Gasteiger partial charge in [-0.2, -0.15) is 5.09 Å². The third-order valence-corrected chi connectivity index (χ3v) is 7.10. The highest BCUT2D eigenvalue weighted by atomic mass is 35.5. The maximum absolute atomic E-state index is 13.5. The van der Waals surface area contributed by atoms with Gasteiger partial charge in [0.15, 0.2) is 6.23 Å². The van der Waals surface area contributed by atoms with E-state index >= 15 is 0 Å². The van der Waals surface area contributed by atoms with Gasteiger partial charge in [0.1, 0.15) is 32.0 Å². The van der Waals surface area contributed by atoms with Crippen LogP contribution < -0.4 is 14.9 Å². The smallest absolute Gasteiger partial charge is 0.459 e. The van der Waals surface area contributed by atoms with Gasteiger partial charge in [0.25, 0.3) is 0 Å². The van der Waals surface area contributed by atoms with E-state index in [1.54, 1.807) is 25.1 Å². The van der Waals surface area contributed by atoms with Crippen LogP contribution in [0.25, 0.3) is 0 Å². The molecule has 2 amide bonds. The van der Waals surface area contributed by atoms with Gasteiger partial charge >= 0.3 is 19.7 Å². The van der Waals surface area contributed by atoms with Gasteiger partial charge in [-0.05, 0) is 32.1 Å². The summed E-state index contributed by atoms with van der Waals surface area (Å²) in [5.41, 5.74) is 0. The van der Waals surface area contributed by atoms with Crippen molar-refractivity contribution in [2.24, 2.45) is 0 Å². The second kappa shape index (κ2) is 11.3. The fraction of sp³-hybridized carbons (Fsp3) is 0.500. The summed E-state index contributed by atoms with van der Waals surface area (Å²) in [5.74, 6) is -0.499. The molecular weight excluding hydrogens is 503 g/mol. The van der Waals surface area contributed by atoms with Crippen LogP contribution in [-0.4, -0.2) is 83.7 Å². The lowest BCUT2D eigenvalue weighted by molar-refractivity contribution is -0.144. The maximum atomic E-state index is 13.5. The monoisotopic (exact) mass is 529 g/mol. The molecule has 0 aliphatic carbocycles. The normalized spacial score (nSPS) is 30.9. The number of aliphatic hydroxyl groups excluding tert-OH is 2. The number of hydrogen-bond donors (Lipinski definition) is 4. The first-order valence-corrected chi connectivity index (χ1v) is 12.6. The number of urea groups is 1. The number of benzene rings is 1. The summed E-state index contributed by atoms with van der Waals surface area (Å²) < 4.78 is 33.2. The number of aliphatic hydroxyl groups is 2. The van der Waals surface area contributed by atoms with Crippen LogP contribution in [0, 0.1) is 0 Å². The topological polar surface area (TPSA) is 156 Å². The summed E-state index contributed by atoms with van der Waals surface area (Å²) in [5, 5.41) is 24.9. The highest BCUT2D eigenvalue weighted by Crippen LogP contribution is 2.46. The number of nitrogens with zero attached hydrogens (tertiary/aromatic N) is 1. The Kier molecular flexibility index (Phi) is 8.87. The maximum Gasteiger partial charge on any atom is 0.459 e. The third kappa shape index (κ3) is 6.56. The van der Waals surface area contributed by atoms with Gasteiger partial charge in [-0.3, -0.25) is 14.2 Å². The molecule has 4 N–H and O–H groups in total. The van der Waals surface area contributed by atoms with E-state index in [-0.39, 0.29) is 12.4 Å². The highest BCUT2D eigenvalue weighted by Gasteiger charge is 2.55. The van der Waals surface area contributed by atoms with Gasteiger partial charge in [0.2, 0.25) is 0 Å². The van der Waals surface area contributed by atoms with E-state index in [9.17, 15) is 24.4 Å². The number of rotatable bonds is 10. The van der Waals surface area contributed by atoms with E-state index in [0.29, 0.717) is 0 Å². The molecule has 1 fully saturated rings. The molecule has 7 atom stereocenters. The number of alkyl halides is 1. The SMILES string of the molecule is [B][C@]1(Cl)[C@H](O)[C@@H](COP(=O)(N[C@@H](C)C(=O)OCC)Oc2ccccc2)O[C@H]1N1C=CC(O)NC1=O. The number of amides is 2. The summed E-state index contributed by atoms with van der Waals surface area (Å²) in [6.45, 7) is 2.61. The Hall–Kier alpha value is -2.12. The molecule has 2 aliphatic rings. The van der Waals surface area contributed by atoms with E-state index in [0.717, 1.165) is 4.90 Å². The minimum Gasteiger partial charge on any atom is -0.465 e. The molecule has 2 unspecified atom stereocenters. The van der Waals surface area contributed by atoms with Crippen LogP contribution in [0.4, 0.5) is 4.79 Å². The van der Waals surface area contributed by atoms with E-state index in [2.05, 4.69) is 10.4 Å². The van der Waals surface area contributed by atoms with Gasteiger partial charge in [-0.1, -0.05) is 18.2 Å². The van der Waals surface area contributed by atoms with E-state index in [1.807, 2.05) is 0 Å². The van der Waals surface area contributed by atoms with Crippen LogP contribution in [0.15, 0.2) is 42.6 Å². The van der Waals surface area contributed by atoms with Crippen molar-refractivity contribution < 1.29 is 42.9 Å². The number of esters is 1. The molecule has 2 radical (unpaired) electrons. The molecule has 1 saturated heterocycles. The Morgan fingerprint density at radius 2 is 2.09 bits per heavy atom. The molecule has 0 saturated carbocycles. The lowest BCUT2D eigenvalue weighted by Crippen LogP contribution is -2.56. The van der Waals surface area contributed by atoms with Crippen molar-refractivity contribution in [2.45, 2.75) is 49.3 Å². The van der Waals surface area contributed by atoms with Gasteiger partial charge < -0.3 is 29.5 Å². The molecule has 35 heavy (non-hydrogen) atoms. The van der Waals surface area contributed by atoms with Crippen LogP contribution in [0.3, 0.4) is 0 Å². The van der Waals surface area contributed by atoms with Crippen LogP contribution in [-0.2, 0) is 23.4 Å². The molecule has 1 aromatic rings. The number of carbonyl (C=O) groups excluding carboxylic acids is 2. The number of carbonyl (C=O) groups is 2. The summed E-state index contributed by atoms with van der Waals surface area (Å²) >= 11 is 6.31. The number of para-hydroxylation sites is 1. The molecule has 2 aliphatic heterocycles. The van der Waals surface area contributed by atoms with Crippen molar-refractivity contribution >= 4 is 39.2 Å². The zero-order valence-electron chi connectivity index (χ0n) is 18.9. The van der Waals surface area contributed by atoms with Crippen LogP contribution in [0.1, 0.15) is 13.8 Å². The molecule has 0 aromatic heterocycles. The van der Waals surface area contributed by atoms with Crippen molar-refractivity contribution in [3.63, 3.8) is 0 Å². The molecule has 0 spiro atoms. The van der Waals surface area contributed by atoms with Crippen molar-refractivity contribution in [3.8, 4) is 5.75 Å². The summed E-state index contributed by atoms with van der Waals surface area (Å²) in [6, 6.07) is 6.24. The Bertz CT molecular complexity index is 986. The van der Waals surface area contributed by atoms with Crippen molar-refractivity contribution in [2.75, 3.05) is 13.2 Å². The molecule has 190 valence electrons. The molecule has 0 bridgehead atoms. The minimum atomic E-state index is -4.23. The molecule has 12 nitrogen and oxygen atoms in total. The minimum absolute atomic E-state index is 0.114. The van der Waals surface area contributed by atoms with Crippen LogP contribution >= 0.6 is 19.3 Å². The molecule has 3 rings (SSSR count). The average Bonchev–Trinajstić information content (AvgIpc) is 3.02. The summed E-state index contributed by atoms with van der Waals surface area (Å²) in [4.78, 5) is 25.3. The van der Waals surface area contributed by atoms with Crippen LogP contribution in [0.2, 0.25) is 0 Å². The Morgan fingerprint density at radius 3 is 2.71 bits per heavy atom. The number of nitrogens with one attached hydrogen (secondary N) is 2. The first kappa shape index (κ1) is 27.5. The fourth-order valence-electron chi connectivity index (χ4n) is 3.30. The highest BCUT2D eigenvalue weighted by molar-refractivity contribution is 7.52. The summed E-state index contributed by atoms with van der Waals surface area (Å²) in [6.07, 6.45) is -2.94. The second-order valence-corrected chi connectivity index (χ2v) is 10.1. The first-order valence-electron chi connectivity index (χ1n) is 10.7. The zero-order valence-corrected chi connectivity index (χ0v) is 20.6. The standard InChI is InChI=1S/C20H26BClN3O9P/c1-3-31-17(28)12(2)24-35(30,34-13-7-5-4-6-8-13)32-11-14-16(27)20(21,22)18(33-14)25-10-9-15(26)23-19(25)29/h4-10,12,14-16,18,26-27H,3,11H2,1-2H3,(H,23,29)(H,24,30)/t12-,14+,15?,16+,18+,20-,35?/m0/s1. The Balaban J connectivity index is 1.75. The van der Waals surface area contributed by atoms with Gasteiger partial charge in [-0.25, -0.2) is 9.36 Å². The van der Waals surface area contributed by atoms with Gasteiger partial charge in [0, 0.05) is 6.20 Å². The lowest BCUT2D eigenvalue weighted by Gasteiger charge is -2.35. The predicted molar refractivity (Wildman–Crippen MR) is 124 cm³/mol. The largest absolute Gasteiger partial charge is 0.465 e. The number of ether oxygens (including phenoxy) is 2. The summed E-state index contributed by atoms with van der Waals surface area (Å²) in [7, 11) is 1.81. The second-order valence-electron chi connectivity index (χ2n) is 7.74. The van der Waals surface area contributed by atoms with E-state index in [4.69, 9.17) is 38.0 Å². The van der Waals surface area contributed by atoms with Crippen molar-refractivity contribution in [1.29, 1.82) is 0 Å². The molecule has 1 aromatic carbocycles. The fourth-order valence-corrected chi connectivity index (χ4v) is 5.10. The number of halogens is 1. The van der Waals surface area contributed by atoms with E-state index in [1.165, 1.54) is 31.3 Å². The molecular formula is C20H26BClN3O9P. The first-order chi connectivity index (χ1) is 16.5. The van der Waals surface area contributed by atoms with Crippen molar-refractivity contribution in [3.05, 3.63) is 42.6 Å². The van der Waals surface area contributed by atoms with Gasteiger partial charge in [0.05, 0.1) is 24.1 Å². The van der Waals surface area contributed by atoms with Gasteiger partial charge in [-0.15, -0.1) is 11.6 Å². The Labute approximate surface area is 208 Å². The Morgan fingerprint density at radius 1 is 1.40 bits per heavy atom. The quantitative estimate of drug-likeness (QED) is 0.148. The van der Waals surface area contributed by atoms with Crippen LogP contribution in [0.5, 0.6) is 5.75 Å². The average molecular weight is 530 g/mol. The van der Waals surface area contributed by atoms with E-state index < -0.39 is 61.8 Å². The van der Waals surface area contributed by atoms with Crippen molar-refractivity contribution in [1.82, 2.24) is 15.3 Å².